The Morgan fingerprint density at radius 1 is 1.27 bits per heavy atom. The summed E-state index contributed by atoms with van der Waals surface area (Å²) in [5, 5.41) is 9.45. The van der Waals surface area contributed by atoms with Crippen molar-refractivity contribution in [1.29, 1.82) is 0 Å². The fourth-order valence-electron chi connectivity index (χ4n) is 3.57. The van der Waals surface area contributed by atoms with E-state index in [1.54, 1.807) is 20.4 Å². The largest absolute Gasteiger partial charge is 0.493 e. The summed E-state index contributed by atoms with van der Waals surface area (Å²) in [6.45, 7) is 3.42. The highest BCUT2D eigenvalue weighted by atomic mass is 16.5. The molecule has 1 unspecified atom stereocenters. The zero-order valence-corrected chi connectivity index (χ0v) is 15.4. The standard InChI is InChI=1S/C20H24N2O4/c1-13-4-6-21-15(8-13)12-22-7-5-14-9-18(25-2)19(26-3)10-16(14)17(22)11-20(23)24/h4,6,8-10,17H,5,7,11-12H2,1-3H3,(H,23,24). The minimum Gasteiger partial charge on any atom is -0.493 e. The third kappa shape index (κ3) is 3.80. The van der Waals surface area contributed by atoms with E-state index < -0.39 is 5.97 Å². The number of benzene rings is 1. The zero-order chi connectivity index (χ0) is 18.7. The Hall–Kier alpha value is -2.60. The van der Waals surface area contributed by atoms with Crippen LogP contribution in [0.2, 0.25) is 0 Å². The number of aromatic nitrogens is 1. The van der Waals surface area contributed by atoms with Crippen molar-refractivity contribution in [3.05, 3.63) is 52.8 Å². The van der Waals surface area contributed by atoms with Gasteiger partial charge in [-0.15, -0.1) is 0 Å². The highest BCUT2D eigenvalue weighted by Crippen LogP contribution is 2.39. The van der Waals surface area contributed by atoms with Crippen LogP contribution in [0.1, 0.15) is 34.8 Å². The van der Waals surface area contributed by atoms with Gasteiger partial charge in [0.1, 0.15) is 0 Å². The summed E-state index contributed by atoms with van der Waals surface area (Å²) in [7, 11) is 3.20. The van der Waals surface area contributed by atoms with E-state index in [2.05, 4.69) is 9.88 Å². The van der Waals surface area contributed by atoms with Gasteiger partial charge in [0, 0.05) is 25.3 Å². The van der Waals surface area contributed by atoms with E-state index in [4.69, 9.17) is 9.47 Å². The summed E-state index contributed by atoms with van der Waals surface area (Å²) in [5.41, 5.74) is 4.20. The molecule has 0 amide bonds. The molecule has 2 heterocycles. The van der Waals surface area contributed by atoms with E-state index in [0.717, 1.165) is 35.3 Å². The zero-order valence-electron chi connectivity index (χ0n) is 15.4. The first-order valence-corrected chi connectivity index (χ1v) is 8.64. The number of rotatable bonds is 6. The molecule has 1 aromatic heterocycles. The molecule has 1 aliphatic rings. The van der Waals surface area contributed by atoms with Gasteiger partial charge >= 0.3 is 5.97 Å². The lowest BCUT2D eigenvalue weighted by atomic mass is 9.90. The number of hydrogen-bond acceptors (Lipinski definition) is 5. The molecule has 1 atom stereocenters. The second-order valence-electron chi connectivity index (χ2n) is 6.56. The first-order chi connectivity index (χ1) is 12.5. The Labute approximate surface area is 153 Å². The highest BCUT2D eigenvalue weighted by Gasteiger charge is 2.31. The lowest BCUT2D eigenvalue weighted by Crippen LogP contribution is -2.36. The van der Waals surface area contributed by atoms with Gasteiger partial charge in [-0.05, 0) is 54.3 Å². The average Bonchev–Trinajstić information content (AvgIpc) is 2.62. The Kier molecular flexibility index (Phi) is 5.42. The number of carbonyl (C=O) groups is 1. The molecule has 1 N–H and O–H groups in total. The van der Waals surface area contributed by atoms with Crippen LogP contribution < -0.4 is 9.47 Å². The number of ether oxygens (including phenoxy) is 2. The van der Waals surface area contributed by atoms with E-state index in [1.165, 1.54) is 0 Å². The Balaban J connectivity index is 1.96. The number of aliphatic carboxylic acids is 1. The van der Waals surface area contributed by atoms with Gasteiger partial charge in [0.2, 0.25) is 0 Å². The van der Waals surface area contributed by atoms with E-state index in [1.807, 2.05) is 31.2 Å². The topological polar surface area (TPSA) is 71.9 Å². The SMILES string of the molecule is COc1cc2c(cc1OC)C(CC(=O)O)N(Cc1cc(C)ccn1)CC2. The van der Waals surface area contributed by atoms with Crippen LogP contribution >= 0.6 is 0 Å². The van der Waals surface area contributed by atoms with Crippen LogP contribution in [-0.2, 0) is 17.8 Å². The molecule has 138 valence electrons. The van der Waals surface area contributed by atoms with Crippen molar-refractivity contribution in [2.45, 2.75) is 32.4 Å². The first-order valence-electron chi connectivity index (χ1n) is 8.64. The summed E-state index contributed by atoms with van der Waals surface area (Å²) < 4.78 is 10.8. The summed E-state index contributed by atoms with van der Waals surface area (Å²) in [4.78, 5) is 18.1. The van der Waals surface area contributed by atoms with Crippen LogP contribution in [0, 0.1) is 6.92 Å². The predicted molar refractivity (Wildman–Crippen MR) is 97.6 cm³/mol. The molecule has 3 rings (SSSR count). The molecular weight excluding hydrogens is 332 g/mol. The highest BCUT2D eigenvalue weighted by molar-refractivity contribution is 5.68. The van der Waals surface area contributed by atoms with Crippen molar-refractivity contribution in [2.75, 3.05) is 20.8 Å². The Morgan fingerprint density at radius 2 is 2.00 bits per heavy atom. The molecule has 0 fully saturated rings. The minimum atomic E-state index is -0.820. The minimum absolute atomic E-state index is 0.0360. The average molecular weight is 356 g/mol. The molecule has 0 saturated heterocycles. The molecule has 6 nitrogen and oxygen atoms in total. The number of hydrogen-bond donors (Lipinski definition) is 1. The number of carboxylic acid groups (broad SMARTS) is 1. The lowest BCUT2D eigenvalue weighted by Gasteiger charge is -2.37. The van der Waals surface area contributed by atoms with Crippen molar-refractivity contribution in [2.24, 2.45) is 0 Å². The molecule has 0 radical (unpaired) electrons. The summed E-state index contributed by atoms with van der Waals surface area (Å²) in [6, 6.07) is 7.66. The van der Waals surface area contributed by atoms with Crippen LogP contribution in [0.3, 0.4) is 0 Å². The van der Waals surface area contributed by atoms with Crippen LogP contribution in [0.4, 0.5) is 0 Å². The van der Waals surface area contributed by atoms with Crippen LogP contribution in [0.5, 0.6) is 11.5 Å². The van der Waals surface area contributed by atoms with Gasteiger partial charge in [0.25, 0.3) is 0 Å². The number of aryl methyl sites for hydroxylation is 1. The molecule has 0 spiro atoms. The number of carboxylic acids is 1. The number of nitrogens with zero attached hydrogens (tertiary/aromatic N) is 2. The molecule has 1 aliphatic heterocycles. The molecule has 2 aromatic rings. The molecule has 0 aliphatic carbocycles. The third-order valence-electron chi connectivity index (χ3n) is 4.82. The molecule has 0 bridgehead atoms. The maximum Gasteiger partial charge on any atom is 0.305 e. The van der Waals surface area contributed by atoms with Gasteiger partial charge in [-0.1, -0.05) is 0 Å². The fourth-order valence-corrected chi connectivity index (χ4v) is 3.57. The van der Waals surface area contributed by atoms with E-state index in [9.17, 15) is 9.90 Å². The Bertz CT molecular complexity index is 806. The normalized spacial score (nSPS) is 16.8. The molecular formula is C20H24N2O4. The van der Waals surface area contributed by atoms with Crippen LogP contribution in [0.15, 0.2) is 30.5 Å². The van der Waals surface area contributed by atoms with Gasteiger partial charge in [0.15, 0.2) is 11.5 Å². The maximum absolute atomic E-state index is 11.5. The van der Waals surface area contributed by atoms with Crippen LogP contribution in [-0.4, -0.2) is 41.7 Å². The first kappa shape index (κ1) is 18.2. The van der Waals surface area contributed by atoms with Gasteiger partial charge in [-0.2, -0.15) is 0 Å². The van der Waals surface area contributed by atoms with Crippen molar-refractivity contribution >= 4 is 5.97 Å². The molecule has 6 heteroatoms. The monoisotopic (exact) mass is 356 g/mol. The van der Waals surface area contributed by atoms with Gasteiger partial charge in [-0.3, -0.25) is 14.7 Å². The van der Waals surface area contributed by atoms with E-state index >= 15 is 0 Å². The summed E-state index contributed by atoms with van der Waals surface area (Å²) >= 11 is 0. The van der Waals surface area contributed by atoms with Crippen LogP contribution in [0.25, 0.3) is 0 Å². The van der Waals surface area contributed by atoms with E-state index in [-0.39, 0.29) is 12.5 Å². The van der Waals surface area contributed by atoms with Crippen molar-refractivity contribution in [1.82, 2.24) is 9.88 Å². The summed E-state index contributed by atoms with van der Waals surface area (Å²) in [6.07, 6.45) is 2.66. The third-order valence-corrected chi connectivity index (χ3v) is 4.82. The van der Waals surface area contributed by atoms with Gasteiger partial charge < -0.3 is 14.6 Å². The predicted octanol–water partition coefficient (Wildman–Crippen LogP) is 2.98. The van der Waals surface area contributed by atoms with Crippen molar-refractivity contribution in [3.8, 4) is 11.5 Å². The van der Waals surface area contributed by atoms with Crippen molar-refractivity contribution < 1.29 is 19.4 Å². The molecule has 0 saturated carbocycles. The Morgan fingerprint density at radius 3 is 2.65 bits per heavy atom. The second kappa shape index (κ2) is 7.74. The van der Waals surface area contributed by atoms with E-state index in [0.29, 0.717) is 18.0 Å². The lowest BCUT2D eigenvalue weighted by molar-refractivity contribution is -0.138. The number of pyridine rings is 1. The summed E-state index contributed by atoms with van der Waals surface area (Å²) in [5.74, 6) is 0.478. The smallest absolute Gasteiger partial charge is 0.305 e. The molecule has 26 heavy (non-hydrogen) atoms. The fraction of sp³-hybridized carbons (Fsp3) is 0.400. The van der Waals surface area contributed by atoms with Gasteiger partial charge in [-0.25, -0.2) is 0 Å². The van der Waals surface area contributed by atoms with Crippen molar-refractivity contribution in [3.63, 3.8) is 0 Å². The molecule has 1 aromatic carbocycles. The number of methoxy groups -OCH3 is 2. The quantitative estimate of drug-likeness (QED) is 0.858. The number of fused-ring (bicyclic) bond motifs is 1. The maximum atomic E-state index is 11.5. The second-order valence-corrected chi connectivity index (χ2v) is 6.56. The van der Waals surface area contributed by atoms with Gasteiger partial charge in [0.05, 0.1) is 26.3 Å².